The predicted molar refractivity (Wildman–Crippen MR) is 70.0 cm³/mol. The van der Waals surface area contributed by atoms with Crippen LogP contribution in [0.2, 0.25) is 0 Å². The number of hydrogen-bond donors (Lipinski definition) is 1. The van der Waals surface area contributed by atoms with E-state index in [0.717, 1.165) is 29.9 Å². The Morgan fingerprint density at radius 1 is 1.10 bits per heavy atom. The third kappa shape index (κ3) is 2.34. The Kier molecular flexibility index (Phi) is 3.10. The molecule has 102 valence electrons. The number of amides is 1. The van der Waals surface area contributed by atoms with Gasteiger partial charge in [-0.2, -0.15) is 0 Å². The molecular weight excluding hydrogens is 264 g/mol. The van der Waals surface area contributed by atoms with Gasteiger partial charge in [0.25, 0.3) is 5.91 Å². The lowest BCUT2D eigenvalue weighted by atomic mass is 10.1. The van der Waals surface area contributed by atoms with Crippen LogP contribution in [0.5, 0.6) is 5.75 Å². The highest BCUT2D eigenvalue weighted by Gasteiger charge is 2.14. The summed E-state index contributed by atoms with van der Waals surface area (Å²) in [7, 11) is 0. The first-order valence-corrected chi connectivity index (χ1v) is 6.15. The van der Waals surface area contributed by atoms with Gasteiger partial charge >= 0.3 is 0 Å². The summed E-state index contributed by atoms with van der Waals surface area (Å²) in [5.74, 6) is -1.69. The van der Waals surface area contributed by atoms with Crippen LogP contribution in [-0.2, 0) is 6.42 Å². The maximum atomic E-state index is 13.1. The Morgan fingerprint density at radius 2 is 1.95 bits per heavy atom. The normalized spacial score (nSPS) is 12.7. The molecule has 1 heterocycles. The molecule has 0 saturated heterocycles. The number of carbonyl (C=O) groups is 1. The van der Waals surface area contributed by atoms with Crippen molar-refractivity contribution in [2.75, 3.05) is 11.9 Å². The zero-order chi connectivity index (χ0) is 14.1. The lowest BCUT2D eigenvalue weighted by molar-refractivity contribution is 0.102. The molecule has 20 heavy (non-hydrogen) atoms. The number of benzene rings is 2. The number of rotatable bonds is 2. The Balaban J connectivity index is 1.80. The van der Waals surface area contributed by atoms with E-state index >= 15 is 0 Å². The fourth-order valence-corrected chi connectivity index (χ4v) is 2.10. The van der Waals surface area contributed by atoms with Crippen LogP contribution in [-0.4, -0.2) is 12.5 Å². The summed E-state index contributed by atoms with van der Waals surface area (Å²) < 4.78 is 31.3. The number of anilines is 1. The minimum Gasteiger partial charge on any atom is -0.493 e. The molecule has 0 bridgehead atoms. The summed E-state index contributed by atoms with van der Waals surface area (Å²) in [6.07, 6.45) is 0.796. The smallest absolute Gasteiger partial charge is 0.255 e. The third-order valence-corrected chi connectivity index (χ3v) is 3.13. The SMILES string of the molecule is O=C(Nc1ccc2c(c1)CCO2)c1ccc(F)c(F)c1. The standard InChI is InChI=1S/C15H11F2NO2/c16-12-3-1-10(8-13(12)17)15(19)18-11-2-4-14-9(7-11)5-6-20-14/h1-4,7-8H,5-6H2,(H,18,19). The van der Waals surface area contributed by atoms with Gasteiger partial charge in [-0.1, -0.05) is 0 Å². The highest BCUT2D eigenvalue weighted by molar-refractivity contribution is 6.04. The first kappa shape index (κ1) is 12.6. The van der Waals surface area contributed by atoms with Gasteiger partial charge in [0.1, 0.15) is 5.75 Å². The first-order valence-electron chi connectivity index (χ1n) is 6.15. The van der Waals surface area contributed by atoms with E-state index in [1.54, 1.807) is 12.1 Å². The topological polar surface area (TPSA) is 38.3 Å². The monoisotopic (exact) mass is 275 g/mol. The van der Waals surface area contributed by atoms with E-state index in [2.05, 4.69) is 5.32 Å². The molecule has 1 N–H and O–H groups in total. The lowest BCUT2D eigenvalue weighted by Crippen LogP contribution is -2.12. The van der Waals surface area contributed by atoms with E-state index in [-0.39, 0.29) is 5.56 Å². The van der Waals surface area contributed by atoms with Gasteiger partial charge in [-0.05, 0) is 42.0 Å². The molecule has 0 aromatic heterocycles. The van der Waals surface area contributed by atoms with Crippen LogP contribution >= 0.6 is 0 Å². The van der Waals surface area contributed by atoms with Crippen molar-refractivity contribution < 1.29 is 18.3 Å². The molecule has 0 radical (unpaired) electrons. The molecule has 0 fully saturated rings. The van der Waals surface area contributed by atoms with Gasteiger partial charge in [-0.15, -0.1) is 0 Å². The number of fused-ring (bicyclic) bond motifs is 1. The molecule has 0 spiro atoms. The predicted octanol–water partition coefficient (Wildman–Crippen LogP) is 3.15. The molecular formula is C15H11F2NO2. The van der Waals surface area contributed by atoms with Gasteiger partial charge in [-0.3, -0.25) is 4.79 Å². The van der Waals surface area contributed by atoms with Crippen molar-refractivity contribution in [1.82, 2.24) is 0 Å². The minimum atomic E-state index is -1.04. The summed E-state index contributed by atoms with van der Waals surface area (Å²) in [5.41, 5.74) is 1.69. The quantitative estimate of drug-likeness (QED) is 0.914. The van der Waals surface area contributed by atoms with Crippen molar-refractivity contribution in [3.63, 3.8) is 0 Å². The average molecular weight is 275 g/mol. The van der Waals surface area contributed by atoms with Crippen LogP contribution in [0.4, 0.5) is 14.5 Å². The zero-order valence-corrected chi connectivity index (χ0v) is 10.5. The van der Waals surface area contributed by atoms with Crippen molar-refractivity contribution in [2.24, 2.45) is 0 Å². The maximum absolute atomic E-state index is 13.1. The van der Waals surface area contributed by atoms with E-state index in [4.69, 9.17) is 4.74 Å². The molecule has 2 aromatic carbocycles. The second-order valence-corrected chi connectivity index (χ2v) is 4.50. The van der Waals surface area contributed by atoms with Crippen molar-refractivity contribution in [2.45, 2.75) is 6.42 Å². The molecule has 0 aliphatic carbocycles. The Labute approximate surface area is 114 Å². The highest BCUT2D eigenvalue weighted by Crippen LogP contribution is 2.28. The summed E-state index contributed by atoms with van der Waals surface area (Å²) in [6.45, 7) is 0.635. The van der Waals surface area contributed by atoms with Gasteiger partial charge in [0.15, 0.2) is 11.6 Å². The van der Waals surface area contributed by atoms with Crippen molar-refractivity contribution in [1.29, 1.82) is 0 Å². The molecule has 3 rings (SSSR count). The zero-order valence-electron chi connectivity index (χ0n) is 10.5. The van der Waals surface area contributed by atoms with Crippen LogP contribution in [0.25, 0.3) is 0 Å². The van der Waals surface area contributed by atoms with E-state index in [0.29, 0.717) is 12.3 Å². The van der Waals surface area contributed by atoms with E-state index in [1.165, 1.54) is 6.07 Å². The molecule has 0 unspecified atom stereocenters. The molecule has 5 heteroatoms. The van der Waals surface area contributed by atoms with Crippen LogP contribution in [0.15, 0.2) is 36.4 Å². The molecule has 3 nitrogen and oxygen atoms in total. The Morgan fingerprint density at radius 3 is 2.75 bits per heavy atom. The molecule has 0 saturated carbocycles. The van der Waals surface area contributed by atoms with Crippen LogP contribution in [0.3, 0.4) is 0 Å². The fraction of sp³-hybridized carbons (Fsp3) is 0.133. The summed E-state index contributed by atoms with van der Waals surface area (Å²) in [6, 6.07) is 8.36. The van der Waals surface area contributed by atoms with Gasteiger partial charge in [0, 0.05) is 17.7 Å². The van der Waals surface area contributed by atoms with E-state index in [9.17, 15) is 13.6 Å². The minimum absolute atomic E-state index is 0.0700. The first-order chi connectivity index (χ1) is 9.63. The van der Waals surface area contributed by atoms with Crippen molar-refractivity contribution in [3.8, 4) is 5.75 Å². The number of nitrogens with one attached hydrogen (secondary N) is 1. The van der Waals surface area contributed by atoms with Gasteiger partial charge in [0.2, 0.25) is 0 Å². The van der Waals surface area contributed by atoms with Gasteiger partial charge in [-0.25, -0.2) is 8.78 Å². The van der Waals surface area contributed by atoms with Crippen LogP contribution in [0, 0.1) is 11.6 Å². The van der Waals surface area contributed by atoms with Crippen LogP contribution < -0.4 is 10.1 Å². The summed E-state index contributed by atoms with van der Waals surface area (Å²) in [5, 5.41) is 2.65. The summed E-state index contributed by atoms with van der Waals surface area (Å²) >= 11 is 0. The number of carbonyl (C=O) groups excluding carboxylic acids is 1. The van der Waals surface area contributed by atoms with Crippen LogP contribution in [0.1, 0.15) is 15.9 Å². The molecule has 1 aliphatic rings. The molecule has 2 aromatic rings. The number of halogens is 2. The Hall–Kier alpha value is -2.43. The number of hydrogen-bond acceptors (Lipinski definition) is 2. The second kappa shape index (κ2) is 4.92. The Bertz CT molecular complexity index is 686. The highest BCUT2D eigenvalue weighted by atomic mass is 19.2. The maximum Gasteiger partial charge on any atom is 0.255 e. The largest absolute Gasteiger partial charge is 0.493 e. The summed E-state index contributed by atoms with van der Waals surface area (Å²) in [4.78, 5) is 11.9. The van der Waals surface area contributed by atoms with Gasteiger partial charge < -0.3 is 10.1 Å². The van der Waals surface area contributed by atoms with Gasteiger partial charge in [0.05, 0.1) is 6.61 Å². The average Bonchev–Trinajstić information content (AvgIpc) is 2.89. The van der Waals surface area contributed by atoms with E-state index < -0.39 is 17.5 Å². The second-order valence-electron chi connectivity index (χ2n) is 4.50. The van der Waals surface area contributed by atoms with Crippen molar-refractivity contribution in [3.05, 3.63) is 59.2 Å². The number of ether oxygens (including phenoxy) is 1. The molecule has 1 amide bonds. The van der Waals surface area contributed by atoms with E-state index in [1.807, 2.05) is 6.07 Å². The van der Waals surface area contributed by atoms with Crippen molar-refractivity contribution >= 4 is 11.6 Å². The fourth-order valence-electron chi connectivity index (χ4n) is 2.10. The molecule has 0 atom stereocenters. The third-order valence-electron chi connectivity index (χ3n) is 3.13. The lowest BCUT2D eigenvalue weighted by Gasteiger charge is -2.07. The molecule has 1 aliphatic heterocycles.